The summed E-state index contributed by atoms with van der Waals surface area (Å²) in [6.45, 7) is 12.8. The smallest absolute Gasteiger partial charge is 0.00141 e. The van der Waals surface area contributed by atoms with Crippen LogP contribution in [0.1, 0.15) is 59.3 Å². The van der Waals surface area contributed by atoms with E-state index in [0.717, 1.165) is 19.0 Å². The Balaban J connectivity index is 3.35. The summed E-state index contributed by atoms with van der Waals surface area (Å²) in [4.78, 5) is 0. The topological polar surface area (TPSA) is 12.0 Å². The summed E-state index contributed by atoms with van der Waals surface area (Å²) < 4.78 is 0. The fraction of sp³-hybridized carbons (Fsp3) is 0.750. The predicted molar refractivity (Wildman–Crippen MR) is 79.4 cm³/mol. The molecule has 0 heterocycles. The number of nitrogens with one attached hydrogen (secondary N) is 1. The first-order valence-corrected chi connectivity index (χ1v) is 7.14. The van der Waals surface area contributed by atoms with Crippen molar-refractivity contribution in [1.82, 2.24) is 5.32 Å². The van der Waals surface area contributed by atoms with Crippen LogP contribution in [-0.4, -0.2) is 13.1 Å². The molecule has 0 fully saturated rings. The molecule has 0 bridgehead atoms. The van der Waals surface area contributed by atoms with Gasteiger partial charge in [-0.3, -0.25) is 0 Å². The second kappa shape index (κ2) is 11.9. The zero-order chi connectivity index (χ0) is 12.9. The van der Waals surface area contributed by atoms with Crippen LogP contribution in [0, 0.1) is 5.92 Å². The Morgan fingerprint density at radius 1 is 1.18 bits per heavy atom. The minimum atomic E-state index is 0.755. The molecule has 0 amide bonds. The third-order valence-electron chi connectivity index (χ3n) is 2.85. The predicted octanol–water partition coefficient (Wildman–Crippen LogP) is 4.70. The van der Waals surface area contributed by atoms with E-state index < -0.39 is 0 Å². The lowest BCUT2D eigenvalue weighted by molar-refractivity contribution is 0.556. The summed E-state index contributed by atoms with van der Waals surface area (Å²) in [5.41, 5.74) is 1.55. The highest BCUT2D eigenvalue weighted by atomic mass is 14.8. The molecule has 0 aromatic carbocycles. The van der Waals surface area contributed by atoms with Gasteiger partial charge in [0.15, 0.2) is 0 Å². The van der Waals surface area contributed by atoms with Gasteiger partial charge in [-0.2, -0.15) is 0 Å². The molecule has 0 aromatic rings. The number of unbranched alkanes of at least 4 members (excludes halogenated alkanes) is 3. The molecule has 0 saturated carbocycles. The van der Waals surface area contributed by atoms with Crippen molar-refractivity contribution >= 4 is 0 Å². The van der Waals surface area contributed by atoms with E-state index >= 15 is 0 Å². The summed E-state index contributed by atoms with van der Waals surface area (Å²) in [6, 6.07) is 0. The lowest BCUT2D eigenvalue weighted by Crippen LogP contribution is -2.20. The minimum absolute atomic E-state index is 0.755. The Bertz CT molecular complexity index is 204. The molecular formula is C16H31N. The van der Waals surface area contributed by atoms with E-state index in [1.165, 1.54) is 38.5 Å². The van der Waals surface area contributed by atoms with Gasteiger partial charge in [0.05, 0.1) is 0 Å². The van der Waals surface area contributed by atoms with E-state index in [1.54, 1.807) is 5.57 Å². The molecule has 0 aliphatic carbocycles. The molecule has 1 N–H and O–H groups in total. The zero-order valence-corrected chi connectivity index (χ0v) is 12.1. The maximum atomic E-state index is 3.75. The second-order valence-corrected chi connectivity index (χ2v) is 5.33. The van der Waals surface area contributed by atoms with Crippen molar-refractivity contribution in [1.29, 1.82) is 0 Å². The van der Waals surface area contributed by atoms with Gasteiger partial charge in [0.2, 0.25) is 0 Å². The van der Waals surface area contributed by atoms with Gasteiger partial charge in [-0.15, -0.1) is 6.58 Å². The summed E-state index contributed by atoms with van der Waals surface area (Å²) in [6.07, 6.45) is 12.0. The van der Waals surface area contributed by atoms with Crippen LogP contribution in [0.25, 0.3) is 0 Å². The average Bonchev–Trinajstić information content (AvgIpc) is 2.28. The highest BCUT2D eigenvalue weighted by molar-refractivity contribution is 4.97. The molecule has 0 aliphatic rings. The number of rotatable bonds is 11. The van der Waals surface area contributed by atoms with Crippen LogP contribution in [0.15, 0.2) is 24.3 Å². The molecule has 0 spiro atoms. The average molecular weight is 237 g/mol. The van der Waals surface area contributed by atoms with E-state index in [1.807, 2.05) is 6.08 Å². The molecule has 0 aromatic heterocycles. The van der Waals surface area contributed by atoms with Gasteiger partial charge in [0.1, 0.15) is 0 Å². The van der Waals surface area contributed by atoms with Gasteiger partial charge in [-0.25, -0.2) is 0 Å². The van der Waals surface area contributed by atoms with Gasteiger partial charge in [-0.1, -0.05) is 38.0 Å². The van der Waals surface area contributed by atoms with Crippen LogP contribution >= 0.6 is 0 Å². The van der Waals surface area contributed by atoms with E-state index in [4.69, 9.17) is 0 Å². The normalized spacial score (nSPS) is 12.1. The molecule has 0 aliphatic heterocycles. The monoisotopic (exact) mass is 237 g/mol. The summed E-state index contributed by atoms with van der Waals surface area (Å²) in [5, 5.41) is 3.47. The fourth-order valence-electron chi connectivity index (χ4n) is 1.78. The Morgan fingerprint density at radius 3 is 2.59 bits per heavy atom. The maximum absolute atomic E-state index is 3.75. The van der Waals surface area contributed by atoms with Gasteiger partial charge in [-0.05, 0) is 58.0 Å². The van der Waals surface area contributed by atoms with Gasteiger partial charge < -0.3 is 5.32 Å². The zero-order valence-electron chi connectivity index (χ0n) is 12.1. The molecule has 0 saturated heterocycles. The highest BCUT2D eigenvalue weighted by Crippen LogP contribution is 2.10. The lowest BCUT2D eigenvalue weighted by atomic mass is 10.1. The van der Waals surface area contributed by atoms with E-state index in [0.29, 0.717) is 0 Å². The van der Waals surface area contributed by atoms with Crippen LogP contribution in [-0.2, 0) is 0 Å². The molecule has 0 atom stereocenters. The number of hydrogen-bond donors (Lipinski definition) is 1. The second-order valence-electron chi connectivity index (χ2n) is 5.33. The quantitative estimate of drug-likeness (QED) is 0.405. The first kappa shape index (κ1) is 16.4. The Morgan fingerprint density at radius 2 is 1.94 bits per heavy atom. The van der Waals surface area contributed by atoms with Gasteiger partial charge in [0.25, 0.3) is 0 Å². The van der Waals surface area contributed by atoms with E-state index in [2.05, 4.69) is 38.7 Å². The molecule has 1 heteroatoms. The maximum Gasteiger partial charge on any atom is -0.00141 e. The van der Waals surface area contributed by atoms with Gasteiger partial charge >= 0.3 is 0 Å². The SMILES string of the molecule is C=CCCCCC/C(C)=C\CCNCC(C)C. The summed E-state index contributed by atoms with van der Waals surface area (Å²) >= 11 is 0. The first-order chi connectivity index (χ1) is 8.16. The minimum Gasteiger partial charge on any atom is -0.316 e. The fourth-order valence-corrected chi connectivity index (χ4v) is 1.78. The van der Waals surface area contributed by atoms with E-state index in [9.17, 15) is 0 Å². The lowest BCUT2D eigenvalue weighted by Gasteiger charge is -2.06. The summed E-state index contributed by atoms with van der Waals surface area (Å²) in [7, 11) is 0. The van der Waals surface area contributed by atoms with Crippen molar-refractivity contribution in [2.45, 2.75) is 59.3 Å². The highest BCUT2D eigenvalue weighted by Gasteiger charge is 1.93. The van der Waals surface area contributed by atoms with Gasteiger partial charge in [0, 0.05) is 0 Å². The molecule has 0 unspecified atom stereocenters. The molecular weight excluding hydrogens is 206 g/mol. The van der Waals surface area contributed by atoms with Crippen LogP contribution in [0.4, 0.5) is 0 Å². The Labute approximate surface area is 108 Å². The van der Waals surface area contributed by atoms with Crippen molar-refractivity contribution in [3.8, 4) is 0 Å². The molecule has 1 nitrogen and oxygen atoms in total. The van der Waals surface area contributed by atoms with Crippen LogP contribution in [0.5, 0.6) is 0 Å². The van der Waals surface area contributed by atoms with Crippen LogP contribution in [0.2, 0.25) is 0 Å². The molecule has 17 heavy (non-hydrogen) atoms. The third-order valence-corrected chi connectivity index (χ3v) is 2.85. The largest absolute Gasteiger partial charge is 0.316 e. The molecule has 100 valence electrons. The number of allylic oxidation sites excluding steroid dienone is 2. The van der Waals surface area contributed by atoms with E-state index in [-0.39, 0.29) is 0 Å². The van der Waals surface area contributed by atoms with Crippen LogP contribution < -0.4 is 5.32 Å². The van der Waals surface area contributed by atoms with Crippen molar-refractivity contribution in [3.05, 3.63) is 24.3 Å². The standard InChI is InChI=1S/C16H31N/c1-5-6-7-8-9-11-16(4)12-10-13-17-14-15(2)3/h5,12,15,17H,1,6-11,13-14H2,2-4H3/b16-12-. The molecule has 0 radical (unpaired) electrons. The van der Waals surface area contributed by atoms with Crippen molar-refractivity contribution < 1.29 is 0 Å². The van der Waals surface area contributed by atoms with Crippen molar-refractivity contribution in [3.63, 3.8) is 0 Å². The Hall–Kier alpha value is -0.560. The van der Waals surface area contributed by atoms with Crippen molar-refractivity contribution in [2.75, 3.05) is 13.1 Å². The summed E-state index contributed by atoms with van der Waals surface area (Å²) in [5.74, 6) is 0.755. The Kier molecular flexibility index (Phi) is 11.5. The molecule has 0 rings (SSSR count). The first-order valence-electron chi connectivity index (χ1n) is 7.14. The van der Waals surface area contributed by atoms with Crippen molar-refractivity contribution in [2.24, 2.45) is 5.92 Å². The van der Waals surface area contributed by atoms with Crippen LogP contribution in [0.3, 0.4) is 0 Å². The number of hydrogen-bond acceptors (Lipinski definition) is 1. The third kappa shape index (κ3) is 13.4.